The third-order valence-electron chi connectivity index (χ3n) is 4.44. The molecule has 1 N–H and O–H groups in total. The molecular weight excluding hydrogens is 254 g/mol. The van der Waals surface area contributed by atoms with E-state index in [-0.39, 0.29) is 12.0 Å². The highest BCUT2D eigenvalue weighted by atomic mass is 16.3. The van der Waals surface area contributed by atoms with Crippen LogP contribution in [0.3, 0.4) is 0 Å². The monoisotopic (exact) mass is 275 g/mol. The summed E-state index contributed by atoms with van der Waals surface area (Å²) in [6.07, 6.45) is 6.23. The molecule has 2 atom stereocenters. The molecule has 2 heterocycles. The Morgan fingerprint density at radius 2 is 1.85 bits per heavy atom. The summed E-state index contributed by atoms with van der Waals surface area (Å²) in [5, 5.41) is 9.97. The molecule has 0 spiro atoms. The number of carbonyl (C=O) groups is 1. The van der Waals surface area contributed by atoms with Gasteiger partial charge in [-0.15, -0.1) is 0 Å². The first kappa shape index (κ1) is 13.5. The van der Waals surface area contributed by atoms with Crippen molar-refractivity contribution in [3.05, 3.63) is 30.1 Å². The topological polar surface area (TPSA) is 56.7 Å². The van der Waals surface area contributed by atoms with Crippen molar-refractivity contribution in [3.63, 3.8) is 0 Å². The molecule has 5 nitrogen and oxygen atoms in total. The van der Waals surface area contributed by atoms with Crippen molar-refractivity contribution >= 4 is 5.91 Å². The maximum atomic E-state index is 12.3. The molecular formula is C15H21N3O2. The molecule has 1 saturated heterocycles. The highest BCUT2D eigenvalue weighted by Crippen LogP contribution is 2.25. The summed E-state index contributed by atoms with van der Waals surface area (Å²) < 4.78 is 0. The minimum Gasteiger partial charge on any atom is -0.391 e. The molecule has 3 rings (SSSR count). The molecule has 0 bridgehead atoms. The summed E-state index contributed by atoms with van der Waals surface area (Å²) in [6.45, 7) is 3.20. The Hall–Kier alpha value is -1.46. The van der Waals surface area contributed by atoms with Gasteiger partial charge in [0.25, 0.3) is 5.91 Å². The van der Waals surface area contributed by atoms with Crippen molar-refractivity contribution in [2.45, 2.75) is 31.4 Å². The largest absolute Gasteiger partial charge is 0.391 e. The zero-order valence-corrected chi connectivity index (χ0v) is 11.6. The lowest BCUT2D eigenvalue weighted by Gasteiger charge is -2.39. The molecule has 0 aromatic carbocycles. The van der Waals surface area contributed by atoms with Gasteiger partial charge in [-0.2, -0.15) is 0 Å². The minimum atomic E-state index is -0.183. The average Bonchev–Trinajstić information content (AvgIpc) is 2.94. The Morgan fingerprint density at radius 1 is 1.15 bits per heavy atom. The first-order valence-electron chi connectivity index (χ1n) is 7.37. The third-order valence-corrected chi connectivity index (χ3v) is 4.44. The Bertz CT molecular complexity index is 457. The van der Waals surface area contributed by atoms with Gasteiger partial charge in [-0.25, -0.2) is 0 Å². The van der Waals surface area contributed by atoms with Crippen molar-refractivity contribution < 1.29 is 9.90 Å². The van der Waals surface area contributed by atoms with Crippen LogP contribution in [0.2, 0.25) is 0 Å². The minimum absolute atomic E-state index is 0.0824. The number of aliphatic hydroxyl groups is 1. The number of amides is 1. The van der Waals surface area contributed by atoms with Gasteiger partial charge in [-0.3, -0.25) is 14.7 Å². The maximum absolute atomic E-state index is 12.3. The number of rotatable bonds is 2. The lowest BCUT2D eigenvalue weighted by atomic mass is 10.1. The van der Waals surface area contributed by atoms with Crippen molar-refractivity contribution in [2.75, 3.05) is 26.2 Å². The second-order valence-corrected chi connectivity index (χ2v) is 5.63. The van der Waals surface area contributed by atoms with Gasteiger partial charge in [0, 0.05) is 50.2 Å². The van der Waals surface area contributed by atoms with Gasteiger partial charge in [0.2, 0.25) is 0 Å². The number of hydrogen-bond acceptors (Lipinski definition) is 4. The fourth-order valence-corrected chi connectivity index (χ4v) is 3.28. The third kappa shape index (κ3) is 2.69. The maximum Gasteiger partial charge on any atom is 0.254 e. The van der Waals surface area contributed by atoms with Crippen LogP contribution in [0, 0.1) is 0 Å². The number of aliphatic hydroxyl groups excluding tert-OH is 1. The van der Waals surface area contributed by atoms with Crippen molar-refractivity contribution in [1.29, 1.82) is 0 Å². The molecule has 5 heteroatoms. The van der Waals surface area contributed by atoms with Crippen LogP contribution in [0.15, 0.2) is 24.5 Å². The SMILES string of the molecule is O=C(c1ccncc1)N1CCN([C@H]2CCC[C@@H]2O)CC1. The number of pyridine rings is 1. The van der Waals surface area contributed by atoms with Gasteiger partial charge in [-0.1, -0.05) is 0 Å². The standard InChI is InChI=1S/C15H21N3O2/c19-14-3-1-2-13(14)17-8-10-18(11-9-17)15(20)12-4-6-16-7-5-12/h4-7,13-14,19H,1-3,8-11H2/t13-,14-/m0/s1. The predicted octanol–water partition coefficient (Wildman–Crippen LogP) is 0.753. The smallest absolute Gasteiger partial charge is 0.254 e. The van der Waals surface area contributed by atoms with E-state index in [1.807, 2.05) is 4.90 Å². The average molecular weight is 275 g/mol. The molecule has 1 saturated carbocycles. The molecule has 2 fully saturated rings. The molecule has 108 valence electrons. The van der Waals surface area contributed by atoms with E-state index in [2.05, 4.69) is 9.88 Å². The van der Waals surface area contributed by atoms with Crippen LogP contribution in [-0.4, -0.2) is 64.1 Å². The second kappa shape index (κ2) is 5.89. The summed E-state index contributed by atoms with van der Waals surface area (Å²) >= 11 is 0. The molecule has 1 aromatic rings. The van der Waals surface area contributed by atoms with E-state index in [0.29, 0.717) is 11.6 Å². The van der Waals surface area contributed by atoms with E-state index < -0.39 is 0 Å². The zero-order chi connectivity index (χ0) is 13.9. The van der Waals surface area contributed by atoms with Gasteiger partial charge in [0.15, 0.2) is 0 Å². The Labute approximate surface area is 119 Å². The Morgan fingerprint density at radius 3 is 2.45 bits per heavy atom. The number of piperazine rings is 1. The lowest BCUT2D eigenvalue weighted by Crippen LogP contribution is -2.53. The highest BCUT2D eigenvalue weighted by Gasteiger charge is 2.33. The van der Waals surface area contributed by atoms with Crippen molar-refractivity contribution in [3.8, 4) is 0 Å². The first-order valence-corrected chi connectivity index (χ1v) is 7.37. The van der Waals surface area contributed by atoms with Gasteiger partial charge in [0.05, 0.1) is 6.10 Å². The van der Waals surface area contributed by atoms with E-state index in [4.69, 9.17) is 0 Å². The fraction of sp³-hybridized carbons (Fsp3) is 0.600. The first-order chi connectivity index (χ1) is 9.75. The highest BCUT2D eigenvalue weighted by molar-refractivity contribution is 5.94. The molecule has 1 aliphatic heterocycles. The lowest BCUT2D eigenvalue weighted by molar-refractivity contribution is 0.0315. The number of aromatic nitrogens is 1. The molecule has 1 aliphatic carbocycles. The Balaban J connectivity index is 1.57. The summed E-state index contributed by atoms with van der Waals surface area (Å²) in [5.41, 5.74) is 0.703. The van der Waals surface area contributed by atoms with E-state index in [1.54, 1.807) is 24.5 Å². The van der Waals surface area contributed by atoms with Crippen LogP contribution >= 0.6 is 0 Å². The summed E-state index contributed by atoms with van der Waals surface area (Å²) in [5.74, 6) is 0.0824. The summed E-state index contributed by atoms with van der Waals surface area (Å²) in [4.78, 5) is 20.5. The zero-order valence-electron chi connectivity index (χ0n) is 11.6. The Kier molecular flexibility index (Phi) is 3.98. The van der Waals surface area contributed by atoms with E-state index in [9.17, 15) is 9.90 Å². The van der Waals surface area contributed by atoms with Gasteiger partial charge in [-0.05, 0) is 31.4 Å². The normalized spacial score (nSPS) is 27.8. The van der Waals surface area contributed by atoms with Crippen LogP contribution < -0.4 is 0 Å². The van der Waals surface area contributed by atoms with Crippen molar-refractivity contribution in [1.82, 2.24) is 14.8 Å². The van der Waals surface area contributed by atoms with Crippen LogP contribution in [0.4, 0.5) is 0 Å². The van der Waals surface area contributed by atoms with Crippen LogP contribution in [0.25, 0.3) is 0 Å². The molecule has 20 heavy (non-hydrogen) atoms. The number of carbonyl (C=O) groups excluding carboxylic acids is 1. The number of hydrogen-bond donors (Lipinski definition) is 1. The molecule has 1 aromatic heterocycles. The van der Waals surface area contributed by atoms with Crippen LogP contribution in [0.5, 0.6) is 0 Å². The quantitative estimate of drug-likeness (QED) is 0.865. The van der Waals surface area contributed by atoms with E-state index >= 15 is 0 Å². The molecule has 1 amide bonds. The molecule has 0 unspecified atom stereocenters. The van der Waals surface area contributed by atoms with Crippen LogP contribution in [-0.2, 0) is 0 Å². The summed E-state index contributed by atoms with van der Waals surface area (Å²) in [7, 11) is 0. The molecule has 2 aliphatic rings. The second-order valence-electron chi connectivity index (χ2n) is 5.63. The predicted molar refractivity (Wildman–Crippen MR) is 75.4 cm³/mol. The van der Waals surface area contributed by atoms with Gasteiger partial charge in [0.1, 0.15) is 0 Å². The van der Waals surface area contributed by atoms with Gasteiger partial charge >= 0.3 is 0 Å². The van der Waals surface area contributed by atoms with Gasteiger partial charge < -0.3 is 10.0 Å². The van der Waals surface area contributed by atoms with E-state index in [1.165, 1.54) is 0 Å². The molecule has 0 radical (unpaired) electrons. The number of nitrogens with zero attached hydrogens (tertiary/aromatic N) is 3. The van der Waals surface area contributed by atoms with E-state index in [0.717, 1.165) is 45.4 Å². The fourth-order valence-electron chi connectivity index (χ4n) is 3.28. The summed E-state index contributed by atoms with van der Waals surface area (Å²) in [6, 6.07) is 3.82. The van der Waals surface area contributed by atoms with Crippen LogP contribution in [0.1, 0.15) is 29.6 Å². The van der Waals surface area contributed by atoms with Crippen molar-refractivity contribution in [2.24, 2.45) is 0 Å².